The Balaban J connectivity index is 2.15. The van der Waals surface area contributed by atoms with Crippen molar-refractivity contribution in [2.45, 2.75) is 56.3 Å². The van der Waals surface area contributed by atoms with Gasteiger partial charge in [0.2, 0.25) is 0 Å². The quantitative estimate of drug-likeness (QED) is 0.932. The molecule has 1 atom stereocenters. The maximum Gasteiger partial charge on any atom is 0.175 e. The van der Waals surface area contributed by atoms with E-state index in [0.29, 0.717) is 4.90 Å². The number of rotatable bonds is 3. The highest BCUT2D eigenvalue weighted by molar-refractivity contribution is 7.90. The fourth-order valence-electron chi connectivity index (χ4n) is 2.79. The number of anilines is 1. The van der Waals surface area contributed by atoms with Crippen LogP contribution in [0.5, 0.6) is 0 Å². The Morgan fingerprint density at radius 1 is 1.15 bits per heavy atom. The Bertz CT molecular complexity index is 588. The topological polar surface area (TPSA) is 55.4 Å². The number of nitrogens with one attached hydrogen (secondary N) is 1. The van der Waals surface area contributed by atoms with E-state index in [-0.39, 0.29) is 17.2 Å². The van der Waals surface area contributed by atoms with Gasteiger partial charge in [0.05, 0.1) is 22.1 Å². The predicted molar refractivity (Wildman–Crippen MR) is 80.8 cm³/mol. The molecule has 1 aromatic carbocycles. The third-order valence-electron chi connectivity index (χ3n) is 3.70. The van der Waals surface area contributed by atoms with Crippen molar-refractivity contribution in [3.63, 3.8) is 0 Å². The van der Waals surface area contributed by atoms with Gasteiger partial charge in [0.1, 0.15) is 0 Å². The highest BCUT2D eigenvalue weighted by Gasteiger charge is 2.45. The predicted octanol–water partition coefficient (Wildman–Crippen LogP) is 2.85. The monoisotopic (exact) mass is 297 g/mol. The van der Waals surface area contributed by atoms with Crippen LogP contribution < -0.4 is 5.32 Å². The zero-order valence-electron chi connectivity index (χ0n) is 12.7. The average molecular weight is 297 g/mol. The van der Waals surface area contributed by atoms with E-state index >= 15 is 0 Å². The van der Waals surface area contributed by atoms with Crippen molar-refractivity contribution in [2.24, 2.45) is 0 Å². The van der Waals surface area contributed by atoms with Gasteiger partial charge in [0, 0.05) is 11.9 Å². The second-order valence-electron chi connectivity index (χ2n) is 6.66. The zero-order chi connectivity index (χ0) is 15.2. The highest BCUT2D eigenvalue weighted by atomic mass is 32.2. The Hall–Kier alpha value is -1.07. The molecule has 1 aromatic rings. The van der Waals surface area contributed by atoms with Crippen LogP contribution in [0.3, 0.4) is 0 Å². The number of hydrogen-bond acceptors (Lipinski definition) is 4. The molecule has 1 aliphatic rings. The van der Waals surface area contributed by atoms with E-state index in [1.807, 2.05) is 0 Å². The van der Waals surface area contributed by atoms with Gasteiger partial charge < -0.3 is 10.1 Å². The Kier molecular flexibility index (Phi) is 3.63. The molecule has 0 bridgehead atoms. The molecule has 0 amide bonds. The highest BCUT2D eigenvalue weighted by Crippen LogP contribution is 2.38. The Labute approximate surface area is 121 Å². The van der Waals surface area contributed by atoms with Crippen molar-refractivity contribution in [2.75, 3.05) is 11.6 Å². The molecule has 2 rings (SSSR count). The molecular formula is C15H23NO3S. The summed E-state index contributed by atoms with van der Waals surface area (Å²) in [4.78, 5) is 0.338. The molecule has 0 aliphatic carbocycles. The lowest BCUT2D eigenvalue weighted by Crippen LogP contribution is -2.38. The van der Waals surface area contributed by atoms with Crippen molar-refractivity contribution in [1.29, 1.82) is 0 Å². The van der Waals surface area contributed by atoms with Gasteiger partial charge in [0.25, 0.3) is 0 Å². The first-order valence-electron chi connectivity index (χ1n) is 6.76. The summed E-state index contributed by atoms with van der Waals surface area (Å²) < 4.78 is 28.9. The van der Waals surface area contributed by atoms with Crippen LogP contribution in [0, 0.1) is 0 Å². The van der Waals surface area contributed by atoms with Crippen LogP contribution in [0.2, 0.25) is 0 Å². The first-order chi connectivity index (χ1) is 9.00. The summed E-state index contributed by atoms with van der Waals surface area (Å²) in [6.45, 7) is 8.32. The average Bonchev–Trinajstić information content (AvgIpc) is 2.46. The van der Waals surface area contributed by atoms with Gasteiger partial charge in [-0.1, -0.05) is 0 Å². The smallest absolute Gasteiger partial charge is 0.175 e. The van der Waals surface area contributed by atoms with E-state index in [0.717, 1.165) is 12.1 Å². The van der Waals surface area contributed by atoms with Gasteiger partial charge in [-0.2, -0.15) is 0 Å². The molecule has 1 heterocycles. The molecule has 1 fully saturated rings. The van der Waals surface area contributed by atoms with Crippen molar-refractivity contribution in [1.82, 2.24) is 0 Å². The van der Waals surface area contributed by atoms with E-state index in [1.165, 1.54) is 6.26 Å². The van der Waals surface area contributed by atoms with E-state index in [1.54, 1.807) is 24.3 Å². The van der Waals surface area contributed by atoms with Gasteiger partial charge in [-0.3, -0.25) is 0 Å². The van der Waals surface area contributed by atoms with E-state index in [4.69, 9.17) is 4.74 Å². The summed E-state index contributed by atoms with van der Waals surface area (Å²) >= 11 is 0. The van der Waals surface area contributed by atoms with Crippen LogP contribution in [-0.2, 0) is 14.6 Å². The molecule has 1 aliphatic heterocycles. The van der Waals surface area contributed by atoms with Gasteiger partial charge >= 0.3 is 0 Å². The first-order valence-corrected chi connectivity index (χ1v) is 8.66. The van der Waals surface area contributed by atoms with Crippen LogP contribution in [0.15, 0.2) is 29.2 Å². The van der Waals surface area contributed by atoms with E-state index in [9.17, 15) is 8.42 Å². The summed E-state index contributed by atoms with van der Waals surface area (Å²) in [5.41, 5.74) is 0.518. The van der Waals surface area contributed by atoms with Crippen molar-refractivity contribution < 1.29 is 13.2 Å². The summed E-state index contributed by atoms with van der Waals surface area (Å²) in [7, 11) is -3.14. The van der Waals surface area contributed by atoms with Crippen LogP contribution in [-0.4, -0.2) is 31.9 Å². The molecule has 0 aromatic heterocycles. The van der Waals surface area contributed by atoms with Gasteiger partial charge in [-0.25, -0.2) is 8.42 Å². The number of benzene rings is 1. The van der Waals surface area contributed by atoms with Gasteiger partial charge in [0.15, 0.2) is 9.84 Å². The number of ether oxygens (including phenoxy) is 1. The van der Waals surface area contributed by atoms with Crippen molar-refractivity contribution >= 4 is 15.5 Å². The third-order valence-corrected chi connectivity index (χ3v) is 4.83. The fourth-order valence-corrected chi connectivity index (χ4v) is 3.42. The summed E-state index contributed by atoms with van der Waals surface area (Å²) in [5.74, 6) is 0. The van der Waals surface area contributed by atoms with Gasteiger partial charge in [-0.15, -0.1) is 0 Å². The maximum atomic E-state index is 11.4. The zero-order valence-corrected chi connectivity index (χ0v) is 13.5. The third kappa shape index (κ3) is 3.33. The molecule has 0 saturated carbocycles. The largest absolute Gasteiger partial charge is 0.379 e. The minimum atomic E-state index is -3.14. The first kappa shape index (κ1) is 15.3. The lowest BCUT2D eigenvalue weighted by molar-refractivity contribution is -0.0662. The van der Waals surface area contributed by atoms with Crippen LogP contribution in [0.1, 0.15) is 34.1 Å². The molecule has 0 spiro atoms. The lowest BCUT2D eigenvalue weighted by Gasteiger charge is -2.28. The normalized spacial score (nSPS) is 24.6. The molecule has 5 heteroatoms. The molecule has 4 nitrogen and oxygen atoms in total. The summed E-state index contributed by atoms with van der Waals surface area (Å²) in [6.07, 6.45) is 2.12. The molecular weight excluding hydrogens is 274 g/mol. The second-order valence-corrected chi connectivity index (χ2v) is 8.68. The molecule has 112 valence electrons. The Morgan fingerprint density at radius 2 is 1.70 bits per heavy atom. The molecule has 1 unspecified atom stereocenters. The van der Waals surface area contributed by atoms with Crippen LogP contribution in [0.25, 0.3) is 0 Å². The van der Waals surface area contributed by atoms with Crippen molar-refractivity contribution in [3.05, 3.63) is 24.3 Å². The van der Waals surface area contributed by atoms with E-state index in [2.05, 4.69) is 33.0 Å². The second kappa shape index (κ2) is 4.74. The van der Waals surface area contributed by atoms with Crippen LogP contribution in [0.4, 0.5) is 5.69 Å². The summed E-state index contributed by atoms with van der Waals surface area (Å²) in [5, 5.41) is 3.45. The van der Waals surface area contributed by atoms with E-state index < -0.39 is 9.84 Å². The SMILES string of the molecule is CC1(C)CC(Nc2ccc(S(C)(=O)=O)cc2)C(C)(C)O1. The molecule has 1 N–H and O–H groups in total. The van der Waals surface area contributed by atoms with Gasteiger partial charge in [-0.05, 0) is 58.4 Å². The van der Waals surface area contributed by atoms with Crippen LogP contribution >= 0.6 is 0 Å². The molecule has 20 heavy (non-hydrogen) atoms. The minimum absolute atomic E-state index is 0.145. The minimum Gasteiger partial charge on any atom is -0.379 e. The summed E-state index contributed by atoms with van der Waals surface area (Å²) in [6, 6.07) is 7.06. The molecule has 0 radical (unpaired) electrons. The number of hydrogen-bond donors (Lipinski definition) is 1. The maximum absolute atomic E-state index is 11.4. The van der Waals surface area contributed by atoms with Crippen molar-refractivity contribution in [3.8, 4) is 0 Å². The molecule has 1 saturated heterocycles. The standard InChI is InChI=1S/C15H23NO3S/c1-14(2)10-13(15(3,4)19-14)16-11-6-8-12(9-7-11)20(5,17)18/h6-9,13,16H,10H2,1-5H3. The lowest BCUT2D eigenvalue weighted by atomic mass is 9.94. The Morgan fingerprint density at radius 3 is 2.10 bits per heavy atom. The number of sulfone groups is 1. The fraction of sp³-hybridized carbons (Fsp3) is 0.600.